The van der Waals surface area contributed by atoms with Crippen molar-refractivity contribution >= 4 is 16.0 Å². The van der Waals surface area contributed by atoms with E-state index in [-0.39, 0.29) is 23.4 Å². The number of rotatable bonds is 6. The topological polar surface area (TPSA) is 97.1 Å². The lowest BCUT2D eigenvalue weighted by Gasteiger charge is -2.28. The fraction of sp³-hybridized carbons (Fsp3) is 0.500. The average Bonchev–Trinajstić information content (AvgIpc) is 3.01. The van der Waals surface area contributed by atoms with Crippen LogP contribution in [0.1, 0.15) is 25.7 Å². The van der Waals surface area contributed by atoms with Crippen LogP contribution in [0.2, 0.25) is 0 Å². The molecule has 1 aromatic heterocycles. The van der Waals surface area contributed by atoms with Crippen LogP contribution >= 0.6 is 0 Å². The monoisotopic (exact) mass is 386 g/mol. The number of hydrogen-bond donors (Lipinski definition) is 2. The van der Waals surface area contributed by atoms with Crippen LogP contribution in [0.4, 0.5) is 14.8 Å². The Balaban J connectivity index is 1.54. The third kappa shape index (κ3) is 5.21. The van der Waals surface area contributed by atoms with Crippen LogP contribution in [-0.4, -0.2) is 37.4 Å². The lowest BCUT2D eigenvalue weighted by Crippen LogP contribution is -2.33. The highest BCUT2D eigenvalue weighted by Gasteiger charge is 2.23. The zero-order chi connectivity index (χ0) is 18.7. The fourth-order valence-electron chi connectivity index (χ4n) is 3.04. The quantitative estimate of drug-likeness (QED) is 0.792. The maximum atomic E-state index is 13.3. The molecule has 1 aliphatic rings. The normalized spacial score (nSPS) is 20.9. The summed E-state index contributed by atoms with van der Waals surface area (Å²) in [4.78, 5) is 4.13. The van der Waals surface area contributed by atoms with E-state index < -0.39 is 21.7 Å². The van der Waals surface area contributed by atoms with Gasteiger partial charge in [0, 0.05) is 24.2 Å². The van der Waals surface area contributed by atoms with Crippen molar-refractivity contribution in [2.24, 2.45) is 5.92 Å². The summed E-state index contributed by atoms with van der Waals surface area (Å²) in [5, 5.41) is 6.87. The van der Waals surface area contributed by atoms with Crippen molar-refractivity contribution in [2.45, 2.75) is 31.7 Å². The third-order valence-electron chi connectivity index (χ3n) is 4.36. The van der Waals surface area contributed by atoms with Gasteiger partial charge in [-0.3, -0.25) is 0 Å². The molecule has 1 aliphatic carbocycles. The molecule has 142 valence electrons. The summed E-state index contributed by atoms with van der Waals surface area (Å²) in [5.41, 5.74) is 0.204. The van der Waals surface area contributed by atoms with Gasteiger partial charge in [0.2, 0.25) is 15.8 Å². The Morgan fingerprint density at radius 1 is 1.15 bits per heavy atom. The SMILES string of the molecule is CS(=O)(=O)NCC1CCC(Nc2nc(-c3cc(F)cc(F)c3)no2)CC1. The molecule has 0 bridgehead atoms. The van der Waals surface area contributed by atoms with Crippen LogP contribution < -0.4 is 10.0 Å². The Kier molecular flexibility index (Phi) is 5.52. The summed E-state index contributed by atoms with van der Waals surface area (Å²) in [7, 11) is -3.17. The molecule has 0 spiro atoms. The summed E-state index contributed by atoms with van der Waals surface area (Å²) in [5.74, 6) is -1.01. The van der Waals surface area contributed by atoms with Crippen LogP contribution in [0.25, 0.3) is 11.4 Å². The first-order chi connectivity index (χ1) is 12.3. The van der Waals surface area contributed by atoms with Gasteiger partial charge in [0.05, 0.1) is 6.26 Å². The molecule has 3 rings (SSSR count). The summed E-state index contributed by atoms with van der Waals surface area (Å²) in [6, 6.07) is 3.37. The standard InChI is InChI=1S/C16H20F2N4O3S/c1-26(23,24)19-9-10-2-4-14(5-3-10)20-16-21-15(22-25-16)11-6-12(17)8-13(18)7-11/h6-8,10,14,19H,2-5,9H2,1H3,(H,20,21,22). The van der Waals surface area contributed by atoms with Crippen molar-refractivity contribution in [1.82, 2.24) is 14.9 Å². The Labute approximate surface area is 150 Å². The Bertz CT molecular complexity index is 844. The molecule has 10 heteroatoms. The largest absolute Gasteiger partial charge is 0.335 e. The molecule has 0 atom stereocenters. The molecule has 7 nitrogen and oxygen atoms in total. The van der Waals surface area contributed by atoms with Gasteiger partial charge >= 0.3 is 6.01 Å². The third-order valence-corrected chi connectivity index (χ3v) is 5.05. The molecule has 0 unspecified atom stereocenters. The lowest BCUT2D eigenvalue weighted by atomic mass is 9.86. The second-order valence-electron chi connectivity index (χ2n) is 6.56. The molecule has 1 fully saturated rings. The van der Waals surface area contributed by atoms with Crippen molar-refractivity contribution in [1.29, 1.82) is 0 Å². The molecule has 26 heavy (non-hydrogen) atoms. The van der Waals surface area contributed by atoms with Crippen molar-refractivity contribution < 1.29 is 21.7 Å². The minimum Gasteiger partial charge on any atom is -0.335 e. The van der Waals surface area contributed by atoms with Gasteiger partial charge in [-0.1, -0.05) is 5.16 Å². The minimum atomic E-state index is -3.17. The van der Waals surface area contributed by atoms with Gasteiger partial charge in [0.25, 0.3) is 0 Å². The minimum absolute atomic E-state index is 0.108. The average molecular weight is 386 g/mol. The Morgan fingerprint density at radius 2 is 1.81 bits per heavy atom. The van der Waals surface area contributed by atoms with Gasteiger partial charge < -0.3 is 9.84 Å². The van der Waals surface area contributed by atoms with Gasteiger partial charge in [0.1, 0.15) is 11.6 Å². The summed E-state index contributed by atoms with van der Waals surface area (Å²) in [6.07, 6.45) is 4.56. The number of benzene rings is 1. The molecule has 0 aliphatic heterocycles. The Morgan fingerprint density at radius 3 is 2.42 bits per heavy atom. The van der Waals surface area contributed by atoms with E-state index in [0.29, 0.717) is 12.5 Å². The molecule has 1 aromatic carbocycles. The van der Waals surface area contributed by atoms with E-state index in [4.69, 9.17) is 4.52 Å². The molecular formula is C16H20F2N4O3S. The van der Waals surface area contributed by atoms with Crippen molar-refractivity contribution in [3.63, 3.8) is 0 Å². The van der Waals surface area contributed by atoms with E-state index in [2.05, 4.69) is 20.2 Å². The molecule has 0 radical (unpaired) electrons. The molecule has 2 aromatic rings. The van der Waals surface area contributed by atoms with Crippen molar-refractivity contribution in [2.75, 3.05) is 18.1 Å². The zero-order valence-corrected chi connectivity index (χ0v) is 15.0. The first-order valence-corrected chi connectivity index (χ1v) is 10.2. The number of halogens is 2. The second-order valence-corrected chi connectivity index (χ2v) is 8.40. The van der Waals surface area contributed by atoms with E-state index in [1.165, 1.54) is 0 Å². The number of hydrogen-bond acceptors (Lipinski definition) is 6. The summed E-state index contributed by atoms with van der Waals surface area (Å²) < 4.78 is 56.5. The van der Waals surface area contributed by atoms with Gasteiger partial charge in [-0.25, -0.2) is 21.9 Å². The smallest absolute Gasteiger partial charge is 0.322 e. The molecule has 0 amide bonds. The van der Waals surface area contributed by atoms with Gasteiger partial charge in [-0.15, -0.1) is 0 Å². The first kappa shape index (κ1) is 18.7. The van der Waals surface area contributed by atoms with Gasteiger partial charge in [0.15, 0.2) is 0 Å². The number of nitrogens with one attached hydrogen (secondary N) is 2. The van der Waals surface area contributed by atoms with E-state index in [0.717, 1.165) is 50.1 Å². The number of anilines is 1. The fourth-order valence-corrected chi connectivity index (χ4v) is 3.58. The highest BCUT2D eigenvalue weighted by Crippen LogP contribution is 2.27. The molecule has 1 heterocycles. The highest BCUT2D eigenvalue weighted by atomic mass is 32.2. The van der Waals surface area contributed by atoms with E-state index in [1.54, 1.807) is 0 Å². The molecular weight excluding hydrogens is 366 g/mol. The van der Waals surface area contributed by atoms with E-state index in [9.17, 15) is 17.2 Å². The van der Waals surface area contributed by atoms with Gasteiger partial charge in [-0.2, -0.15) is 4.98 Å². The molecule has 2 N–H and O–H groups in total. The maximum absolute atomic E-state index is 13.3. The van der Waals surface area contributed by atoms with Crippen LogP contribution in [-0.2, 0) is 10.0 Å². The number of sulfonamides is 1. The molecule has 0 saturated heterocycles. The van der Waals surface area contributed by atoms with Crippen LogP contribution in [0.5, 0.6) is 0 Å². The van der Waals surface area contributed by atoms with Crippen molar-refractivity contribution in [3.05, 3.63) is 29.8 Å². The van der Waals surface area contributed by atoms with Crippen LogP contribution in [0.3, 0.4) is 0 Å². The van der Waals surface area contributed by atoms with Crippen molar-refractivity contribution in [3.8, 4) is 11.4 Å². The van der Waals surface area contributed by atoms with E-state index in [1.807, 2.05) is 0 Å². The van der Waals surface area contributed by atoms with Gasteiger partial charge in [-0.05, 0) is 43.7 Å². The lowest BCUT2D eigenvalue weighted by molar-refractivity contribution is 0.330. The number of nitrogens with zero attached hydrogens (tertiary/aromatic N) is 2. The number of aromatic nitrogens is 2. The molecule has 1 saturated carbocycles. The highest BCUT2D eigenvalue weighted by molar-refractivity contribution is 7.88. The maximum Gasteiger partial charge on any atom is 0.322 e. The summed E-state index contributed by atoms with van der Waals surface area (Å²) in [6.45, 7) is 0.446. The second kappa shape index (κ2) is 7.67. The predicted molar refractivity (Wildman–Crippen MR) is 91.9 cm³/mol. The Hall–Kier alpha value is -2.07. The summed E-state index contributed by atoms with van der Waals surface area (Å²) >= 11 is 0. The van der Waals surface area contributed by atoms with Crippen LogP contribution in [0.15, 0.2) is 22.7 Å². The first-order valence-electron chi connectivity index (χ1n) is 8.30. The predicted octanol–water partition coefficient (Wildman–Crippen LogP) is 2.53. The van der Waals surface area contributed by atoms with Crippen LogP contribution in [0, 0.1) is 17.6 Å². The van der Waals surface area contributed by atoms with E-state index >= 15 is 0 Å². The zero-order valence-electron chi connectivity index (χ0n) is 14.2.